The average Bonchev–Trinajstić information content (AvgIpc) is 3.24. The van der Waals surface area contributed by atoms with Crippen LogP contribution in [0.2, 0.25) is 0 Å². The van der Waals surface area contributed by atoms with Crippen molar-refractivity contribution in [3.8, 4) is 16.9 Å². The van der Waals surface area contributed by atoms with Gasteiger partial charge in [0, 0.05) is 5.56 Å². The fourth-order valence-corrected chi connectivity index (χ4v) is 3.32. The van der Waals surface area contributed by atoms with Gasteiger partial charge in [-0.05, 0) is 34.1 Å². The van der Waals surface area contributed by atoms with Crippen LogP contribution in [0.15, 0.2) is 97.1 Å². The first kappa shape index (κ1) is 19.7. The molecule has 0 aromatic heterocycles. The fraction of sp³-hybridized carbons (Fsp3) is 0.185. The molecule has 1 nitrogen and oxygen atoms in total. The molecule has 0 heterocycles. The van der Waals surface area contributed by atoms with Gasteiger partial charge >= 0.3 is 0 Å². The summed E-state index contributed by atoms with van der Waals surface area (Å²) in [5.41, 5.74) is 5.71. The largest absolute Gasteiger partial charge is 0.507 e. The van der Waals surface area contributed by atoms with E-state index in [1.807, 2.05) is 36.4 Å². The van der Waals surface area contributed by atoms with Crippen molar-refractivity contribution in [2.24, 2.45) is 0 Å². The predicted octanol–water partition coefficient (Wildman–Crippen LogP) is 7.39. The van der Waals surface area contributed by atoms with Crippen molar-refractivity contribution in [1.29, 1.82) is 0 Å². The molecule has 1 aliphatic rings. The second kappa shape index (κ2) is 8.75. The van der Waals surface area contributed by atoms with Gasteiger partial charge in [-0.15, -0.1) is 0 Å². The Hall–Kier alpha value is -3.06. The van der Waals surface area contributed by atoms with Crippen molar-refractivity contribution in [3.63, 3.8) is 0 Å². The molecule has 142 valence electrons. The van der Waals surface area contributed by atoms with Crippen LogP contribution in [0.3, 0.4) is 0 Å². The molecule has 1 aliphatic carbocycles. The summed E-state index contributed by atoms with van der Waals surface area (Å²) in [4.78, 5) is 0. The van der Waals surface area contributed by atoms with E-state index >= 15 is 0 Å². The second-order valence-corrected chi connectivity index (χ2v) is 8.01. The highest BCUT2D eigenvalue weighted by molar-refractivity contribution is 5.75. The third-order valence-electron chi connectivity index (χ3n) is 4.84. The lowest BCUT2D eigenvalue weighted by atomic mass is 9.84. The van der Waals surface area contributed by atoms with Gasteiger partial charge in [-0.25, -0.2) is 0 Å². The number of benzene rings is 3. The number of aromatic hydroxyl groups is 1. The highest BCUT2D eigenvalue weighted by atomic mass is 16.3. The SMILES string of the molecule is CC(C)(C)c1cccc(C2=CC=CC2)c1O.c1ccc(-c2ccccc2)cc1. The minimum Gasteiger partial charge on any atom is -0.507 e. The Balaban J connectivity index is 0.000000167. The molecule has 1 N–H and O–H groups in total. The van der Waals surface area contributed by atoms with Gasteiger partial charge in [0.15, 0.2) is 0 Å². The molecule has 3 aromatic carbocycles. The minimum atomic E-state index is -0.0211. The molecule has 0 fully saturated rings. The zero-order chi connectivity index (χ0) is 20.0. The van der Waals surface area contributed by atoms with Gasteiger partial charge in [0.1, 0.15) is 5.75 Å². The van der Waals surface area contributed by atoms with E-state index < -0.39 is 0 Å². The number of hydrogen-bond acceptors (Lipinski definition) is 1. The van der Waals surface area contributed by atoms with E-state index in [1.54, 1.807) is 0 Å². The molecule has 0 aliphatic heterocycles. The number of hydrogen-bond donors (Lipinski definition) is 1. The van der Waals surface area contributed by atoms with Crippen LogP contribution in [0.1, 0.15) is 38.3 Å². The van der Waals surface area contributed by atoms with Gasteiger partial charge in [-0.2, -0.15) is 0 Å². The van der Waals surface area contributed by atoms with Gasteiger partial charge in [0.05, 0.1) is 0 Å². The molecule has 28 heavy (non-hydrogen) atoms. The van der Waals surface area contributed by atoms with Crippen LogP contribution in [0, 0.1) is 0 Å². The zero-order valence-corrected chi connectivity index (χ0v) is 16.9. The Morgan fingerprint density at radius 1 is 0.714 bits per heavy atom. The standard InChI is InChI=1S/C15H18O.C12H10/c1-15(2,3)13-10-6-9-12(14(13)16)11-7-4-5-8-11;1-3-7-11(8-4-1)12-9-5-2-6-10-12/h4-7,9-10,16H,8H2,1-3H3;1-10H. The third-order valence-corrected chi connectivity index (χ3v) is 4.84. The molecule has 0 saturated carbocycles. The quantitative estimate of drug-likeness (QED) is 0.500. The van der Waals surface area contributed by atoms with Crippen molar-refractivity contribution < 1.29 is 5.11 Å². The Morgan fingerprint density at radius 3 is 1.75 bits per heavy atom. The summed E-state index contributed by atoms with van der Waals surface area (Å²) in [6.07, 6.45) is 7.14. The molecular weight excluding hydrogens is 340 g/mol. The maximum Gasteiger partial charge on any atom is 0.126 e. The van der Waals surface area contributed by atoms with Crippen LogP contribution in [-0.2, 0) is 5.41 Å². The number of allylic oxidation sites excluding steroid dienone is 4. The summed E-state index contributed by atoms with van der Waals surface area (Å²) >= 11 is 0. The van der Waals surface area contributed by atoms with Gasteiger partial charge in [-0.3, -0.25) is 0 Å². The highest BCUT2D eigenvalue weighted by Gasteiger charge is 2.20. The molecule has 0 saturated heterocycles. The lowest BCUT2D eigenvalue weighted by Gasteiger charge is -2.22. The van der Waals surface area contributed by atoms with Crippen LogP contribution < -0.4 is 0 Å². The Bertz CT molecular complexity index is 921. The Kier molecular flexibility index (Phi) is 6.16. The van der Waals surface area contributed by atoms with Crippen LogP contribution in [0.5, 0.6) is 5.75 Å². The van der Waals surface area contributed by atoms with E-state index in [2.05, 4.69) is 81.5 Å². The number of phenols is 1. The van der Waals surface area contributed by atoms with Gasteiger partial charge in [0.25, 0.3) is 0 Å². The van der Waals surface area contributed by atoms with Crippen LogP contribution in [0.4, 0.5) is 0 Å². The maximum absolute atomic E-state index is 10.3. The van der Waals surface area contributed by atoms with Crippen LogP contribution >= 0.6 is 0 Å². The van der Waals surface area contributed by atoms with Crippen molar-refractivity contribution in [2.45, 2.75) is 32.6 Å². The lowest BCUT2D eigenvalue weighted by Crippen LogP contribution is -2.11. The second-order valence-electron chi connectivity index (χ2n) is 8.01. The lowest BCUT2D eigenvalue weighted by molar-refractivity contribution is 0.445. The third kappa shape index (κ3) is 4.80. The van der Waals surface area contributed by atoms with Crippen molar-refractivity contribution in [3.05, 3.63) is 108 Å². The van der Waals surface area contributed by atoms with E-state index in [-0.39, 0.29) is 5.41 Å². The molecule has 1 heteroatoms. The van der Waals surface area contributed by atoms with Crippen molar-refractivity contribution >= 4 is 5.57 Å². The van der Waals surface area contributed by atoms with E-state index in [4.69, 9.17) is 0 Å². The number of rotatable bonds is 2. The molecule has 4 rings (SSSR count). The normalized spacial score (nSPS) is 12.9. The van der Waals surface area contributed by atoms with E-state index in [9.17, 15) is 5.11 Å². The molecule has 3 aromatic rings. The van der Waals surface area contributed by atoms with Crippen LogP contribution in [0.25, 0.3) is 16.7 Å². The molecule has 0 bridgehead atoms. The summed E-state index contributed by atoms with van der Waals surface area (Å²) in [6.45, 7) is 6.35. The Labute approximate surface area is 168 Å². The van der Waals surface area contributed by atoms with Crippen LogP contribution in [-0.4, -0.2) is 5.11 Å². The van der Waals surface area contributed by atoms with E-state index in [0.717, 1.165) is 17.5 Å². The fourth-order valence-electron chi connectivity index (χ4n) is 3.32. The van der Waals surface area contributed by atoms with E-state index in [1.165, 1.54) is 16.7 Å². The molecule has 0 radical (unpaired) electrons. The van der Waals surface area contributed by atoms with Gasteiger partial charge in [0.2, 0.25) is 0 Å². The average molecular weight is 369 g/mol. The van der Waals surface area contributed by atoms with Crippen molar-refractivity contribution in [2.75, 3.05) is 0 Å². The summed E-state index contributed by atoms with van der Waals surface area (Å²) in [5, 5.41) is 10.3. The smallest absolute Gasteiger partial charge is 0.126 e. The molecular formula is C27H28O. The molecule has 0 unspecified atom stereocenters. The summed E-state index contributed by atoms with van der Waals surface area (Å²) in [5.74, 6) is 0.435. The van der Waals surface area contributed by atoms with E-state index in [0.29, 0.717) is 5.75 Å². The summed E-state index contributed by atoms with van der Waals surface area (Å²) in [6, 6.07) is 26.8. The first-order valence-corrected chi connectivity index (χ1v) is 9.76. The summed E-state index contributed by atoms with van der Waals surface area (Å²) in [7, 11) is 0. The number of para-hydroxylation sites is 1. The monoisotopic (exact) mass is 368 g/mol. The van der Waals surface area contributed by atoms with Gasteiger partial charge < -0.3 is 5.11 Å². The Morgan fingerprint density at radius 2 is 1.29 bits per heavy atom. The minimum absolute atomic E-state index is 0.0211. The number of phenolic OH excluding ortho intramolecular Hbond substituents is 1. The highest BCUT2D eigenvalue weighted by Crippen LogP contribution is 2.38. The molecule has 0 atom stereocenters. The summed E-state index contributed by atoms with van der Waals surface area (Å²) < 4.78 is 0. The zero-order valence-electron chi connectivity index (χ0n) is 16.9. The van der Waals surface area contributed by atoms with Crippen molar-refractivity contribution in [1.82, 2.24) is 0 Å². The first-order valence-electron chi connectivity index (χ1n) is 9.76. The first-order chi connectivity index (χ1) is 13.5. The molecule has 0 amide bonds. The topological polar surface area (TPSA) is 20.2 Å². The molecule has 0 spiro atoms. The predicted molar refractivity (Wildman–Crippen MR) is 120 cm³/mol. The van der Waals surface area contributed by atoms with Gasteiger partial charge in [-0.1, -0.05) is 118 Å². The maximum atomic E-state index is 10.3.